The Kier molecular flexibility index (Phi) is 5.56. The van der Waals surface area contributed by atoms with Crippen molar-refractivity contribution in [2.24, 2.45) is 0 Å². The lowest BCUT2D eigenvalue weighted by Crippen LogP contribution is -2.36. The molecule has 0 aromatic heterocycles. The number of ether oxygens (including phenoxy) is 2. The molecule has 1 heterocycles. The van der Waals surface area contributed by atoms with Gasteiger partial charge < -0.3 is 9.47 Å². The molecule has 1 aliphatic heterocycles. The van der Waals surface area contributed by atoms with Crippen molar-refractivity contribution in [3.05, 3.63) is 35.9 Å². The first kappa shape index (κ1) is 16.9. The summed E-state index contributed by atoms with van der Waals surface area (Å²) >= 11 is 0. The van der Waals surface area contributed by atoms with Gasteiger partial charge in [-0.15, -0.1) is 0 Å². The van der Waals surface area contributed by atoms with Crippen LogP contribution >= 0.6 is 0 Å². The summed E-state index contributed by atoms with van der Waals surface area (Å²) in [6.07, 6.45) is 0.0428. The second-order valence-corrected chi connectivity index (χ2v) is 6.33. The summed E-state index contributed by atoms with van der Waals surface area (Å²) in [7, 11) is 0. The minimum atomic E-state index is -0.437. The molecule has 1 fully saturated rings. The molecule has 5 heteroatoms. The zero-order valence-corrected chi connectivity index (χ0v) is 13.7. The fourth-order valence-corrected chi connectivity index (χ4v) is 2.39. The lowest BCUT2D eigenvalue weighted by atomic mass is 10.1. The van der Waals surface area contributed by atoms with Crippen LogP contribution in [0.5, 0.6) is 0 Å². The van der Waals surface area contributed by atoms with Gasteiger partial charge in [-0.25, -0.2) is 0 Å². The van der Waals surface area contributed by atoms with E-state index in [1.54, 1.807) is 12.0 Å². The summed E-state index contributed by atoms with van der Waals surface area (Å²) in [4.78, 5) is 18.0. The third kappa shape index (κ3) is 4.80. The van der Waals surface area contributed by atoms with Crippen LogP contribution < -0.4 is 0 Å². The molecule has 1 aromatic rings. The van der Waals surface area contributed by atoms with Crippen molar-refractivity contribution >= 4 is 5.97 Å². The molecular formula is C17H25NO4. The zero-order chi connectivity index (χ0) is 16.2. The number of hydroxylamine groups is 2. The fraction of sp³-hybridized carbons (Fsp3) is 0.588. The van der Waals surface area contributed by atoms with Gasteiger partial charge in [-0.05, 0) is 33.3 Å². The van der Waals surface area contributed by atoms with E-state index in [9.17, 15) is 4.79 Å². The van der Waals surface area contributed by atoms with Crippen LogP contribution in [-0.4, -0.2) is 35.6 Å². The lowest BCUT2D eigenvalue weighted by molar-refractivity contribution is -0.268. The van der Waals surface area contributed by atoms with Crippen LogP contribution in [0.2, 0.25) is 0 Å². The van der Waals surface area contributed by atoms with E-state index in [2.05, 4.69) is 0 Å². The molecule has 0 unspecified atom stereocenters. The summed E-state index contributed by atoms with van der Waals surface area (Å²) in [5.74, 6) is -0.265. The van der Waals surface area contributed by atoms with Gasteiger partial charge in [0.1, 0.15) is 6.04 Å². The quantitative estimate of drug-likeness (QED) is 0.783. The first-order chi connectivity index (χ1) is 10.4. The summed E-state index contributed by atoms with van der Waals surface area (Å²) in [5.41, 5.74) is 0.750. The topological polar surface area (TPSA) is 48.0 Å². The molecule has 122 valence electrons. The van der Waals surface area contributed by atoms with Crippen LogP contribution in [0.1, 0.15) is 39.7 Å². The molecule has 0 N–H and O–H groups in total. The summed E-state index contributed by atoms with van der Waals surface area (Å²) < 4.78 is 11.0. The maximum Gasteiger partial charge on any atom is 0.325 e. The number of hydrogen-bond donors (Lipinski definition) is 0. The molecule has 1 aromatic carbocycles. The van der Waals surface area contributed by atoms with Gasteiger partial charge in [0.05, 0.1) is 18.8 Å². The Labute approximate surface area is 132 Å². The van der Waals surface area contributed by atoms with Crippen molar-refractivity contribution in [3.8, 4) is 0 Å². The Morgan fingerprint density at radius 1 is 1.32 bits per heavy atom. The molecule has 22 heavy (non-hydrogen) atoms. The molecule has 1 aliphatic rings. The van der Waals surface area contributed by atoms with E-state index in [1.165, 1.54) is 0 Å². The molecule has 0 bridgehead atoms. The van der Waals surface area contributed by atoms with Gasteiger partial charge in [0.2, 0.25) is 0 Å². The van der Waals surface area contributed by atoms with Crippen LogP contribution in [0.15, 0.2) is 30.3 Å². The SMILES string of the molecule is CCOC(=O)[C@@H]1C[C@@H](OC(C)(C)C)ON1Cc1ccccc1. The number of nitrogens with zero attached hydrogens (tertiary/aromatic N) is 1. The lowest BCUT2D eigenvalue weighted by Gasteiger charge is -2.24. The Morgan fingerprint density at radius 3 is 2.59 bits per heavy atom. The van der Waals surface area contributed by atoms with Crippen LogP contribution in [0, 0.1) is 0 Å². The smallest absolute Gasteiger partial charge is 0.325 e. The second kappa shape index (κ2) is 7.22. The Balaban J connectivity index is 2.07. The predicted molar refractivity (Wildman–Crippen MR) is 82.7 cm³/mol. The van der Waals surface area contributed by atoms with Crippen LogP contribution in [0.3, 0.4) is 0 Å². The molecule has 0 amide bonds. The standard InChI is InChI=1S/C17H25NO4/c1-5-20-16(19)14-11-15(21-17(2,3)4)22-18(14)12-13-9-7-6-8-10-13/h6-10,14-15H,5,11-12H2,1-4H3/t14-,15-/m0/s1. The summed E-state index contributed by atoms with van der Waals surface area (Å²) in [6, 6.07) is 9.46. The van der Waals surface area contributed by atoms with Gasteiger partial charge in [-0.1, -0.05) is 30.3 Å². The first-order valence-electron chi connectivity index (χ1n) is 7.71. The number of esters is 1. The molecule has 0 spiro atoms. The van der Waals surface area contributed by atoms with E-state index in [-0.39, 0.29) is 11.6 Å². The molecule has 2 rings (SSSR count). The maximum absolute atomic E-state index is 12.2. The number of carbonyl (C=O) groups excluding carboxylic acids is 1. The minimum absolute atomic E-state index is 0.265. The number of hydrogen-bond acceptors (Lipinski definition) is 5. The highest BCUT2D eigenvalue weighted by molar-refractivity contribution is 5.75. The summed E-state index contributed by atoms with van der Waals surface area (Å²) in [6.45, 7) is 8.59. The van der Waals surface area contributed by atoms with Gasteiger partial charge in [0, 0.05) is 6.42 Å². The highest BCUT2D eigenvalue weighted by atomic mass is 16.8. The Bertz CT molecular complexity index is 483. The molecule has 5 nitrogen and oxygen atoms in total. The van der Waals surface area contributed by atoms with Crippen molar-refractivity contribution in [1.82, 2.24) is 5.06 Å². The number of benzene rings is 1. The van der Waals surface area contributed by atoms with Gasteiger partial charge in [-0.3, -0.25) is 9.63 Å². The second-order valence-electron chi connectivity index (χ2n) is 6.33. The van der Waals surface area contributed by atoms with E-state index < -0.39 is 12.3 Å². The average Bonchev–Trinajstić information content (AvgIpc) is 2.80. The Morgan fingerprint density at radius 2 is 2.00 bits per heavy atom. The maximum atomic E-state index is 12.2. The molecule has 0 aliphatic carbocycles. The molecule has 0 radical (unpaired) electrons. The van der Waals surface area contributed by atoms with Gasteiger partial charge in [0.15, 0.2) is 6.29 Å². The largest absolute Gasteiger partial charge is 0.465 e. The van der Waals surface area contributed by atoms with E-state index >= 15 is 0 Å². The molecule has 0 saturated carbocycles. The van der Waals surface area contributed by atoms with Crippen molar-refractivity contribution < 1.29 is 19.1 Å². The van der Waals surface area contributed by atoms with Crippen molar-refractivity contribution in [1.29, 1.82) is 0 Å². The third-order valence-corrected chi connectivity index (χ3v) is 3.24. The minimum Gasteiger partial charge on any atom is -0.465 e. The van der Waals surface area contributed by atoms with Crippen molar-refractivity contribution in [2.45, 2.75) is 58.6 Å². The van der Waals surface area contributed by atoms with Crippen LogP contribution in [0.25, 0.3) is 0 Å². The third-order valence-electron chi connectivity index (χ3n) is 3.24. The summed E-state index contributed by atoms with van der Waals surface area (Å²) in [5, 5.41) is 1.67. The fourth-order valence-electron chi connectivity index (χ4n) is 2.39. The van der Waals surface area contributed by atoms with Crippen molar-refractivity contribution in [2.75, 3.05) is 6.61 Å². The molecule has 2 atom stereocenters. The normalized spacial score (nSPS) is 22.7. The van der Waals surface area contributed by atoms with Crippen LogP contribution in [-0.2, 0) is 25.7 Å². The van der Waals surface area contributed by atoms with Crippen LogP contribution in [0.4, 0.5) is 0 Å². The van der Waals surface area contributed by atoms with Gasteiger partial charge in [-0.2, -0.15) is 5.06 Å². The Hall–Kier alpha value is -1.43. The zero-order valence-electron chi connectivity index (χ0n) is 13.7. The highest BCUT2D eigenvalue weighted by Gasteiger charge is 2.41. The number of rotatable bonds is 5. The number of carbonyl (C=O) groups is 1. The van der Waals surface area contributed by atoms with E-state index in [0.29, 0.717) is 19.6 Å². The van der Waals surface area contributed by atoms with E-state index in [1.807, 2.05) is 51.1 Å². The highest BCUT2D eigenvalue weighted by Crippen LogP contribution is 2.28. The van der Waals surface area contributed by atoms with Gasteiger partial charge in [0.25, 0.3) is 0 Å². The first-order valence-corrected chi connectivity index (χ1v) is 7.71. The van der Waals surface area contributed by atoms with E-state index in [4.69, 9.17) is 14.3 Å². The van der Waals surface area contributed by atoms with Crippen molar-refractivity contribution in [3.63, 3.8) is 0 Å². The molecular weight excluding hydrogens is 282 g/mol. The van der Waals surface area contributed by atoms with E-state index in [0.717, 1.165) is 5.56 Å². The monoisotopic (exact) mass is 307 g/mol. The molecule has 1 saturated heterocycles. The predicted octanol–water partition coefficient (Wildman–Crippen LogP) is 2.90. The van der Waals surface area contributed by atoms with Gasteiger partial charge >= 0.3 is 5.97 Å². The average molecular weight is 307 g/mol.